The number of carbonyl (C=O) groups is 1. The van der Waals surface area contributed by atoms with Gasteiger partial charge in [0.05, 0.1) is 4.91 Å². The fourth-order valence-electron chi connectivity index (χ4n) is 3.54. The first kappa shape index (κ1) is 17.6. The van der Waals surface area contributed by atoms with Crippen LogP contribution in [0.1, 0.15) is 17.0 Å². The van der Waals surface area contributed by atoms with Crippen LogP contribution in [0.3, 0.4) is 0 Å². The number of rotatable bonds is 2. The number of likely N-dealkylation sites (N-methyl/N-ethyl adjacent to an activating group) is 1. The number of benzene rings is 2. The van der Waals surface area contributed by atoms with Gasteiger partial charge in [-0.05, 0) is 66.2 Å². The molecule has 0 N–H and O–H groups in total. The number of aromatic nitrogens is 1. The van der Waals surface area contributed by atoms with Crippen LogP contribution in [0.25, 0.3) is 22.5 Å². The van der Waals surface area contributed by atoms with E-state index in [4.69, 9.17) is 0 Å². The molecule has 5 heteroatoms. The molecule has 1 aromatic heterocycles. The number of aryl methyl sites for hydroxylation is 1. The highest BCUT2D eigenvalue weighted by Gasteiger charge is 2.30. The Bertz CT molecular complexity index is 1120. The van der Waals surface area contributed by atoms with Gasteiger partial charge in [0.1, 0.15) is 0 Å². The summed E-state index contributed by atoms with van der Waals surface area (Å²) in [4.78, 5) is 18.9. The van der Waals surface area contributed by atoms with Gasteiger partial charge in [-0.2, -0.15) is 0 Å². The van der Waals surface area contributed by atoms with Crippen LogP contribution in [0.4, 0.5) is 0 Å². The van der Waals surface area contributed by atoms with Crippen LogP contribution < -0.4 is 0 Å². The Morgan fingerprint density at radius 3 is 2.48 bits per heavy atom. The number of amides is 1. The van der Waals surface area contributed by atoms with Gasteiger partial charge in [0, 0.05) is 31.2 Å². The molecule has 3 aromatic rings. The minimum Gasteiger partial charge on any atom is -0.318 e. The van der Waals surface area contributed by atoms with Crippen molar-refractivity contribution in [3.63, 3.8) is 0 Å². The standard InChI is InChI=1S/C22H21N3OS/c1-14-11-18(13-20-21(26)24(4)22(23-3)27-20)15(2)25(14)19-10-9-16-7-5-6-8-17(16)12-19/h5-13H,1-4H3/b20-13+,23-22?. The van der Waals surface area contributed by atoms with Gasteiger partial charge in [-0.25, -0.2) is 0 Å². The topological polar surface area (TPSA) is 37.6 Å². The smallest absolute Gasteiger partial charge is 0.266 e. The number of aliphatic imine (C=N–C) groups is 1. The van der Waals surface area contributed by atoms with Crippen LogP contribution in [0.5, 0.6) is 0 Å². The third-order valence-electron chi connectivity index (χ3n) is 4.94. The maximum Gasteiger partial charge on any atom is 0.266 e. The average molecular weight is 375 g/mol. The molecular formula is C22H21N3OS. The molecule has 1 aliphatic rings. The molecule has 2 heterocycles. The highest BCUT2D eigenvalue weighted by Crippen LogP contribution is 2.33. The molecule has 1 fully saturated rings. The summed E-state index contributed by atoms with van der Waals surface area (Å²) >= 11 is 1.42. The zero-order valence-electron chi connectivity index (χ0n) is 15.9. The minimum atomic E-state index is -0.00360. The van der Waals surface area contributed by atoms with Crippen LogP contribution in [-0.2, 0) is 4.79 Å². The van der Waals surface area contributed by atoms with Crippen molar-refractivity contribution in [2.24, 2.45) is 4.99 Å². The van der Waals surface area contributed by atoms with E-state index in [2.05, 4.69) is 71.9 Å². The molecule has 0 atom stereocenters. The highest BCUT2D eigenvalue weighted by atomic mass is 32.2. The van der Waals surface area contributed by atoms with Crippen LogP contribution in [-0.4, -0.2) is 34.6 Å². The second-order valence-electron chi connectivity index (χ2n) is 6.67. The highest BCUT2D eigenvalue weighted by molar-refractivity contribution is 8.18. The zero-order valence-corrected chi connectivity index (χ0v) is 16.7. The molecule has 0 radical (unpaired) electrons. The lowest BCUT2D eigenvalue weighted by Crippen LogP contribution is -2.23. The van der Waals surface area contributed by atoms with Crippen molar-refractivity contribution < 1.29 is 4.79 Å². The van der Waals surface area contributed by atoms with E-state index in [1.54, 1.807) is 19.0 Å². The van der Waals surface area contributed by atoms with E-state index in [1.807, 2.05) is 6.08 Å². The van der Waals surface area contributed by atoms with Gasteiger partial charge < -0.3 is 4.57 Å². The van der Waals surface area contributed by atoms with Gasteiger partial charge in [0.25, 0.3) is 5.91 Å². The van der Waals surface area contributed by atoms with Crippen molar-refractivity contribution in [1.29, 1.82) is 0 Å². The van der Waals surface area contributed by atoms with E-state index in [0.717, 1.165) is 27.8 Å². The fraction of sp³-hybridized carbons (Fsp3) is 0.182. The van der Waals surface area contributed by atoms with Crippen molar-refractivity contribution >= 4 is 39.7 Å². The predicted molar refractivity (Wildman–Crippen MR) is 114 cm³/mol. The van der Waals surface area contributed by atoms with E-state index in [1.165, 1.54) is 22.5 Å². The second-order valence-corrected chi connectivity index (χ2v) is 7.68. The molecule has 136 valence electrons. The molecule has 0 saturated carbocycles. The number of fused-ring (bicyclic) bond motifs is 1. The maximum atomic E-state index is 12.4. The number of carbonyl (C=O) groups excluding carboxylic acids is 1. The summed E-state index contributed by atoms with van der Waals surface area (Å²) in [7, 11) is 3.47. The van der Waals surface area contributed by atoms with Gasteiger partial charge in [0.15, 0.2) is 5.17 Å². The van der Waals surface area contributed by atoms with E-state index < -0.39 is 0 Å². The molecule has 1 amide bonds. The Morgan fingerprint density at radius 2 is 1.78 bits per heavy atom. The van der Waals surface area contributed by atoms with E-state index >= 15 is 0 Å². The largest absolute Gasteiger partial charge is 0.318 e. The van der Waals surface area contributed by atoms with Gasteiger partial charge >= 0.3 is 0 Å². The van der Waals surface area contributed by atoms with E-state index in [9.17, 15) is 4.79 Å². The molecule has 27 heavy (non-hydrogen) atoms. The molecule has 2 aromatic carbocycles. The van der Waals surface area contributed by atoms with Crippen LogP contribution in [0.2, 0.25) is 0 Å². The Labute approximate surface area is 163 Å². The fourth-order valence-corrected chi connectivity index (χ4v) is 4.46. The quantitative estimate of drug-likeness (QED) is 0.605. The first-order chi connectivity index (χ1) is 13.0. The average Bonchev–Trinajstić information content (AvgIpc) is 3.11. The molecule has 0 unspecified atom stereocenters. The minimum absolute atomic E-state index is 0.00360. The summed E-state index contributed by atoms with van der Waals surface area (Å²) in [6, 6.07) is 17.0. The lowest BCUT2D eigenvalue weighted by molar-refractivity contribution is -0.121. The first-order valence-corrected chi connectivity index (χ1v) is 9.64. The van der Waals surface area contributed by atoms with E-state index in [-0.39, 0.29) is 5.91 Å². The number of amidine groups is 1. The lowest BCUT2D eigenvalue weighted by Gasteiger charge is -2.11. The monoisotopic (exact) mass is 375 g/mol. The maximum absolute atomic E-state index is 12.4. The molecular weight excluding hydrogens is 354 g/mol. The molecule has 0 spiro atoms. The lowest BCUT2D eigenvalue weighted by atomic mass is 10.1. The summed E-state index contributed by atoms with van der Waals surface area (Å²) in [5, 5.41) is 3.18. The molecule has 4 nitrogen and oxygen atoms in total. The predicted octanol–water partition coefficient (Wildman–Crippen LogP) is 4.78. The zero-order chi connectivity index (χ0) is 19.1. The summed E-state index contributed by atoms with van der Waals surface area (Å²) < 4.78 is 2.24. The molecule has 4 rings (SSSR count). The molecule has 1 aliphatic heterocycles. The third-order valence-corrected chi connectivity index (χ3v) is 6.09. The summed E-state index contributed by atoms with van der Waals surface area (Å²) in [6.07, 6.45) is 1.97. The Morgan fingerprint density at radius 1 is 1.04 bits per heavy atom. The Kier molecular flexibility index (Phi) is 4.40. The van der Waals surface area contributed by atoms with Gasteiger partial charge in [-0.15, -0.1) is 0 Å². The number of thioether (sulfide) groups is 1. The van der Waals surface area contributed by atoms with Crippen molar-refractivity contribution in [3.05, 3.63) is 70.4 Å². The third kappa shape index (κ3) is 2.98. The van der Waals surface area contributed by atoms with Crippen LogP contribution in [0, 0.1) is 13.8 Å². The Balaban J connectivity index is 1.78. The molecule has 0 bridgehead atoms. The number of nitrogens with zero attached hydrogens (tertiary/aromatic N) is 3. The van der Waals surface area contributed by atoms with Gasteiger partial charge in [-0.3, -0.25) is 14.7 Å². The van der Waals surface area contributed by atoms with E-state index in [0.29, 0.717) is 4.91 Å². The number of hydrogen-bond donors (Lipinski definition) is 0. The van der Waals surface area contributed by atoms with Crippen molar-refractivity contribution in [1.82, 2.24) is 9.47 Å². The number of hydrogen-bond acceptors (Lipinski definition) is 3. The first-order valence-electron chi connectivity index (χ1n) is 8.82. The summed E-state index contributed by atoms with van der Waals surface area (Å²) in [5.74, 6) is -0.00360. The molecule has 1 saturated heterocycles. The normalized spacial score (nSPS) is 17.6. The second kappa shape index (κ2) is 6.74. The summed E-state index contributed by atoms with van der Waals surface area (Å²) in [6.45, 7) is 4.19. The SMILES string of the molecule is CN=C1S/C(=C/c2cc(C)n(-c3ccc4ccccc4c3)c2C)C(=O)N1C. The Hall–Kier alpha value is -2.79. The summed E-state index contributed by atoms with van der Waals surface area (Å²) in [5.41, 5.74) is 4.45. The van der Waals surface area contributed by atoms with Crippen molar-refractivity contribution in [2.45, 2.75) is 13.8 Å². The molecule has 0 aliphatic carbocycles. The van der Waals surface area contributed by atoms with Gasteiger partial charge in [0.2, 0.25) is 0 Å². The van der Waals surface area contributed by atoms with Crippen molar-refractivity contribution in [2.75, 3.05) is 14.1 Å². The van der Waals surface area contributed by atoms with Crippen molar-refractivity contribution in [3.8, 4) is 5.69 Å². The van der Waals surface area contributed by atoms with Gasteiger partial charge in [-0.1, -0.05) is 30.3 Å². The van der Waals surface area contributed by atoms with Crippen LogP contribution in [0.15, 0.2) is 58.4 Å². The van der Waals surface area contributed by atoms with Crippen LogP contribution >= 0.6 is 11.8 Å².